The van der Waals surface area contributed by atoms with Gasteiger partial charge < -0.3 is 10.0 Å². The van der Waals surface area contributed by atoms with Gasteiger partial charge in [-0.25, -0.2) is 0 Å². The average molecular weight is 332 g/mol. The Kier molecular flexibility index (Phi) is 4.79. The number of benzene rings is 1. The van der Waals surface area contributed by atoms with Crippen molar-refractivity contribution in [1.82, 2.24) is 14.8 Å². The van der Waals surface area contributed by atoms with Crippen molar-refractivity contribution < 1.29 is 9.90 Å². The normalized spacial score (nSPS) is 15.6. The highest BCUT2D eigenvalue weighted by Gasteiger charge is 2.22. The summed E-state index contributed by atoms with van der Waals surface area (Å²) in [5.41, 5.74) is 1.69. The van der Waals surface area contributed by atoms with Crippen LogP contribution in [0.5, 0.6) is 5.75 Å². The Morgan fingerprint density at radius 2 is 2.00 bits per heavy atom. The summed E-state index contributed by atoms with van der Waals surface area (Å²) >= 11 is 5.88. The van der Waals surface area contributed by atoms with Crippen LogP contribution >= 0.6 is 11.6 Å². The van der Waals surface area contributed by atoms with Crippen molar-refractivity contribution >= 4 is 17.5 Å². The molecule has 0 atom stereocenters. The number of pyridine rings is 1. The van der Waals surface area contributed by atoms with Crippen LogP contribution in [0, 0.1) is 0 Å². The third-order valence-corrected chi connectivity index (χ3v) is 4.29. The molecule has 3 rings (SSSR count). The highest BCUT2D eigenvalue weighted by Crippen LogP contribution is 2.24. The van der Waals surface area contributed by atoms with Crippen LogP contribution < -0.4 is 0 Å². The van der Waals surface area contributed by atoms with Crippen LogP contribution in [0.3, 0.4) is 0 Å². The van der Waals surface area contributed by atoms with Gasteiger partial charge in [-0.2, -0.15) is 0 Å². The molecule has 1 aromatic carbocycles. The number of hydrogen-bond acceptors (Lipinski definition) is 4. The molecular weight excluding hydrogens is 314 g/mol. The third kappa shape index (κ3) is 3.81. The maximum atomic E-state index is 12.5. The van der Waals surface area contributed by atoms with E-state index in [0.29, 0.717) is 18.7 Å². The molecule has 120 valence electrons. The van der Waals surface area contributed by atoms with Crippen LogP contribution in [0.15, 0.2) is 42.7 Å². The summed E-state index contributed by atoms with van der Waals surface area (Å²) < 4.78 is 0. The number of halogens is 1. The first-order chi connectivity index (χ1) is 11.1. The lowest BCUT2D eigenvalue weighted by Crippen LogP contribution is -2.48. The van der Waals surface area contributed by atoms with Crippen LogP contribution in [0.1, 0.15) is 15.9 Å². The van der Waals surface area contributed by atoms with E-state index in [0.717, 1.165) is 19.6 Å². The van der Waals surface area contributed by atoms with E-state index < -0.39 is 0 Å². The molecule has 2 aromatic rings. The zero-order chi connectivity index (χ0) is 16.2. The van der Waals surface area contributed by atoms with E-state index in [-0.39, 0.29) is 16.7 Å². The Balaban J connectivity index is 1.58. The molecule has 1 aliphatic rings. The van der Waals surface area contributed by atoms with Crippen molar-refractivity contribution in [1.29, 1.82) is 0 Å². The number of carbonyl (C=O) groups is 1. The number of nitrogens with zero attached hydrogens (tertiary/aromatic N) is 3. The maximum Gasteiger partial charge on any atom is 0.253 e. The minimum Gasteiger partial charge on any atom is -0.506 e. The second-order valence-electron chi connectivity index (χ2n) is 5.60. The van der Waals surface area contributed by atoms with E-state index in [1.165, 1.54) is 17.7 Å². The Bertz CT molecular complexity index is 685. The largest absolute Gasteiger partial charge is 0.506 e. The van der Waals surface area contributed by atoms with Gasteiger partial charge in [0.05, 0.1) is 5.02 Å². The number of phenolic OH excluding ortho intramolecular Hbond substituents is 1. The summed E-state index contributed by atoms with van der Waals surface area (Å²) in [6.45, 7) is 3.86. The van der Waals surface area contributed by atoms with Gasteiger partial charge in [-0.05, 0) is 29.8 Å². The van der Waals surface area contributed by atoms with Crippen molar-refractivity contribution in [3.8, 4) is 5.75 Å². The SMILES string of the molecule is O=C(c1ccc(O)c(Cl)c1)N1CCN(Cc2cccnc2)CC1. The number of aromatic hydroxyl groups is 1. The highest BCUT2D eigenvalue weighted by atomic mass is 35.5. The Morgan fingerprint density at radius 1 is 1.22 bits per heavy atom. The third-order valence-electron chi connectivity index (χ3n) is 3.98. The predicted molar refractivity (Wildman–Crippen MR) is 88.5 cm³/mol. The maximum absolute atomic E-state index is 12.5. The van der Waals surface area contributed by atoms with Crippen molar-refractivity contribution in [3.05, 3.63) is 58.9 Å². The molecule has 0 radical (unpaired) electrons. The van der Waals surface area contributed by atoms with Gasteiger partial charge in [0.1, 0.15) is 5.75 Å². The van der Waals surface area contributed by atoms with E-state index >= 15 is 0 Å². The molecule has 0 saturated carbocycles. The number of hydrogen-bond donors (Lipinski definition) is 1. The molecule has 1 fully saturated rings. The van der Waals surface area contributed by atoms with Crippen molar-refractivity contribution in [2.75, 3.05) is 26.2 Å². The first-order valence-corrected chi connectivity index (χ1v) is 7.90. The number of aromatic nitrogens is 1. The lowest BCUT2D eigenvalue weighted by molar-refractivity contribution is 0.0628. The minimum atomic E-state index is -0.0482. The van der Waals surface area contributed by atoms with Crippen LogP contribution in [0.25, 0.3) is 0 Å². The second kappa shape index (κ2) is 6.98. The zero-order valence-corrected chi connectivity index (χ0v) is 13.4. The molecule has 0 spiro atoms. The molecule has 0 unspecified atom stereocenters. The molecule has 0 bridgehead atoms. The number of rotatable bonds is 3. The fraction of sp³-hybridized carbons (Fsp3) is 0.294. The fourth-order valence-electron chi connectivity index (χ4n) is 2.68. The van der Waals surface area contributed by atoms with E-state index in [1.54, 1.807) is 12.3 Å². The topological polar surface area (TPSA) is 56.7 Å². The summed E-state index contributed by atoms with van der Waals surface area (Å²) in [6.07, 6.45) is 3.64. The molecule has 1 saturated heterocycles. The second-order valence-corrected chi connectivity index (χ2v) is 6.00. The lowest BCUT2D eigenvalue weighted by atomic mass is 10.1. The molecule has 2 heterocycles. The Hall–Kier alpha value is -2.11. The number of phenols is 1. The van der Waals surface area contributed by atoms with Gasteiger partial charge in [-0.15, -0.1) is 0 Å². The smallest absolute Gasteiger partial charge is 0.253 e. The van der Waals surface area contributed by atoms with Crippen molar-refractivity contribution in [2.24, 2.45) is 0 Å². The van der Waals surface area contributed by atoms with Gasteiger partial charge in [0.25, 0.3) is 5.91 Å². The first-order valence-electron chi connectivity index (χ1n) is 7.52. The summed E-state index contributed by atoms with van der Waals surface area (Å²) in [5, 5.41) is 9.64. The van der Waals surface area contributed by atoms with Gasteiger partial charge in [0.2, 0.25) is 0 Å². The monoisotopic (exact) mass is 331 g/mol. The van der Waals surface area contributed by atoms with Crippen LogP contribution in [0.2, 0.25) is 5.02 Å². The highest BCUT2D eigenvalue weighted by molar-refractivity contribution is 6.32. The molecule has 1 aromatic heterocycles. The number of amides is 1. The molecule has 1 amide bonds. The summed E-state index contributed by atoms with van der Waals surface area (Å²) in [6, 6.07) is 8.56. The van der Waals surface area contributed by atoms with Crippen LogP contribution in [-0.2, 0) is 6.54 Å². The molecule has 5 nitrogen and oxygen atoms in total. The number of piperazine rings is 1. The molecule has 6 heteroatoms. The molecule has 1 N–H and O–H groups in total. The minimum absolute atomic E-state index is 0.00972. The Morgan fingerprint density at radius 3 is 2.65 bits per heavy atom. The molecule has 23 heavy (non-hydrogen) atoms. The summed E-state index contributed by atoms with van der Waals surface area (Å²) in [4.78, 5) is 20.7. The first kappa shape index (κ1) is 15.8. The van der Waals surface area contributed by atoms with E-state index in [9.17, 15) is 9.90 Å². The average Bonchev–Trinajstić information content (AvgIpc) is 2.58. The van der Waals surface area contributed by atoms with E-state index in [4.69, 9.17) is 11.6 Å². The molecule has 1 aliphatic heterocycles. The summed E-state index contributed by atoms with van der Waals surface area (Å²) in [5.74, 6) is -0.0579. The van der Waals surface area contributed by atoms with Crippen molar-refractivity contribution in [3.63, 3.8) is 0 Å². The fourth-order valence-corrected chi connectivity index (χ4v) is 2.86. The standard InChI is InChI=1S/C17H18ClN3O2/c18-15-10-14(3-4-16(15)22)17(23)21-8-6-20(7-9-21)12-13-2-1-5-19-11-13/h1-5,10-11,22H,6-9,12H2. The molecular formula is C17H18ClN3O2. The zero-order valence-electron chi connectivity index (χ0n) is 12.7. The van der Waals surface area contributed by atoms with Crippen molar-refractivity contribution in [2.45, 2.75) is 6.54 Å². The quantitative estimate of drug-likeness (QED) is 0.938. The summed E-state index contributed by atoms with van der Waals surface area (Å²) in [7, 11) is 0. The molecule has 0 aliphatic carbocycles. The van der Waals surface area contributed by atoms with Gasteiger partial charge >= 0.3 is 0 Å². The van der Waals surface area contributed by atoms with Gasteiger partial charge in [0.15, 0.2) is 0 Å². The predicted octanol–water partition coefficient (Wildman–Crippen LogP) is 2.40. The van der Waals surface area contributed by atoms with Gasteiger partial charge in [-0.3, -0.25) is 14.7 Å². The van der Waals surface area contributed by atoms with Gasteiger partial charge in [0, 0.05) is 50.7 Å². The Labute approximate surface area is 140 Å². The van der Waals surface area contributed by atoms with E-state index in [2.05, 4.69) is 16.0 Å². The lowest BCUT2D eigenvalue weighted by Gasteiger charge is -2.34. The van der Waals surface area contributed by atoms with Crippen LogP contribution in [0.4, 0.5) is 0 Å². The number of carbonyl (C=O) groups excluding carboxylic acids is 1. The van der Waals surface area contributed by atoms with E-state index in [1.807, 2.05) is 17.2 Å². The van der Waals surface area contributed by atoms with Crippen LogP contribution in [-0.4, -0.2) is 52.0 Å². The van der Waals surface area contributed by atoms with Gasteiger partial charge in [-0.1, -0.05) is 17.7 Å².